The molecular weight excluding hydrogens is 186 g/mol. The summed E-state index contributed by atoms with van der Waals surface area (Å²) in [6, 6.07) is 8.17. The highest BCUT2D eigenvalue weighted by atomic mass is 16.3. The van der Waals surface area contributed by atoms with Gasteiger partial charge in [0.2, 0.25) is 0 Å². The first-order valence-electron chi connectivity index (χ1n) is 5.72. The second kappa shape index (κ2) is 5.76. The lowest BCUT2D eigenvalue weighted by Gasteiger charge is -2.22. The minimum absolute atomic E-state index is 0.375. The summed E-state index contributed by atoms with van der Waals surface area (Å²) in [6.07, 6.45) is 0.784. The first-order valence-corrected chi connectivity index (χ1v) is 5.72. The Kier molecular flexibility index (Phi) is 4.63. The molecule has 0 aromatic heterocycles. The number of rotatable bonds is 5. The molecule has 1 aromatic rings. The summed E-state index contributed by atoms with van der Waals surface area (Å²) in [6.45, 7) is 8.26. The molecule has 0 saturated heterocycles. The fourth-order valence-corrected chi connectivity index (χ4v) is 1.70. The standard InChI is InChI=1S/C13H21NO/c1-4-10-14(5-2)13-8-6-12(7-9-13)11(3)15/h6-9,11,15H,4-5,10H2,1-3H3. The van der Waals surface area contributed by atoms with Crippen LogP contribution in [0.15, 0.2) is 24.3 Å². The molecule has 2 heteroatoms. The van der Waals surface area contributed by atoms with Crippen LogP contribution in [0.4, 0.5) is 5.69 Å². The SMILES string of the molecule is CCCN(CC)c1ccc(C(C)O)cc1. The normalized spacial score (nSPS) is 12.5. The van der Waals surface area contributed by atoms with Crippen LogP contribution in [0.3, 0.4) is 0 Å². The van der Waals surface area contributed by atoms with Gasteiger partial charge in [-0.2, -0.15) is 0 Å². The van der Waals surface area contributed by atoms with E-state index in [0.29, 0.717) is 0 Å². The number of hydrogen-bond donors (Lipinski definition) is 1. The molecule has 0 saturated carbocycles. The van der Waals surface area contributed by atoms with Gasteiger partial charge < -0.3 is 10.0 Å². The summed E-state index contributed by atoms with van der Waals surface area (Å²) in [5, 5.41) is 9.40. The topological polar surface area (TPSA) is 23.5 Å². The monoisotopic (exact) mass is 207 g/mol. The molecule has 0 aliphatic heterocycles. The van der Waals surface area contributed by atoms with Gasteiger partial charge in [-0.25, -0.2) is 0 Å². The average molecular weight is 207 g/mol. The number of hydrogen-bond acceptors (Lipinski definition) is 2. The van der Waals surface area contributed by atoms with Crippen LogP contribution in [-0.4, -0.2) is 18.2 Å². The molecule has 1 unspecified atom stereocenters. The second-order valence-corrected chi connectivity index (χ2v) is 3.85. The van der Waals surface area contributed by atoms with Crippen LogP contribution in [0.5, 0.6) is 0 Å². The van der Waals surface area contributed by atoms with Gasteiger partial charge in [-0.05, 0) is 38.0 Å². The molecule has 15 heavy (non-hydrogen) atoms. The van der Waals surface area contributed by atoms with Gasteiger partial charge in [0.15, 0.2) is 0 Å². The third-order valence-corrected chi connectivity index (χ3v) is 2.62. The zero-order chi connectivity index (χ0) is 11.3. The van der Waals surface area contributed by atoms with Crippen molar-refractivity contribution in [3.63, 3.8) is 0 Å². The molecule has 1 rings (SSSR count). The summed E-state index contributed by atoms with van der Waals surface area (Å²) in [4.78, 5) is 2.34. The Labute approximate surface area is 92.5 Å². The Hall–Kier alpha value is -1.02. The fourth-order valence-electron chi connectivity index (χ4n) is 1.70. The predicted octanol–water partition coefficient (Wildman–Crippen LogP) is 2.98. The summed E-state index contributed by atoms with van der Waals surface area (Å²) < 4.78 is 0. The Balaban J connectivity index is 2.77. The molecule has 0 aliphatic rings. The molecule has 84 valence electrons. The Morgan fingerprint density at radius 1 is 1.20 bits per heavy atom. The maximum absolute atomic E-state index is 9.40. The third kappa shape index (κ3) is 3.24. The van der Waals surface area contributed by atoms with Crippen molar-refractivity contribution in [2.75, 3.05) is 18.0 Å². The van der Waals surface area contributed by atoms with Crippen molar-refractivity contribution in [1.29, 1.82) is 0 Å². The largest absolute Gasteiger partial charge is 0.389 e. The van der Waals surface area contributed by atoms with E-state index in [1.807, 2.05) is 12.1 Å². The first kappa shape index (κ1) is 12.1. The summed E-state index contributed by atoms with van der Waals surface area (Å²) in [7, 11) is 0. The lowest BCUT2D eigenvalue weighted by molar-refractivity contribution is 0.199. The van der Waals surface area contributed by atoms with Gasteiger partial charge in [-0.1, -0.05) is 19.1 Å². The van der Waals surface area contributed by atoms with Crippen molar-refractivity contribution in [2.24, 2.45) is 0 Å². The van der Waals surface area contributed by atoms with E-state index >= 15 is 0 Å². The zero-order valence-corrected chi connectivity index (χ0v) is 9.90. The van der Waals surface area contributed by atoms with Crippen molar-refractivity contribution in [3.05, 3.63) is 29.8 Å². The van der Waals surface area contributed by atoms with E-state index in [1.54, 1.807) is 6.92 Å². The molecule has 0 bridgehead atoms. The molecule has 1 atom stereocenters. The number of aliphatic hydroxyl groups is 1. The molecule has 0 fully saturated rings. The highest BCUT2D eigenvalue weighted by Crippen LogP contribution is 2.19. The fraction of sp³-hybridized carbons (Fsp3) is 0.538. The summed E-state index contributed by atoms with van der Waals surface area (Å²) in [5.74, 6) is 0. The predicted molar refractivity (Wildman–Crippen MR) is 65.3 cm³/mol. The Morgan fingerprint density at radius 2 is 1.80 bits per heavy atom. The van der Waals surface area contributed by atoms with E-state index in [1.165, 1.54) is 5.69 Å². The molecule has 0 heterocycles. The Bertz CT molecular complexity index is 279. The lowest BCUT2D eigenvalue weighted by atomic mass is 10.1. The van der Waals surface area contributed by atoms with Gasteiger partial charge in [0.05, 0.1) is 6.10 Å². The van der Waals surface area contributed by atoms with Crippen LogP contribution in [-0.2, 0) is 0 Å². The van der Waals surface area contributed by atoms with E-state index in [-0.39, 0.29) is 6.10 Å². The van der Waals surface area contributed by atoms with Gasteiger partial charge in [-0.15, -0.1) is 0 Å². The maximum Gasteiger partial charge on any atom is 0.0761 e. The molecule has 2 nitrogen and oxygen atoms in total. The smallest absolute Gasteiger partial charge is 0.0761 e. The highest BCUT2D eigenvalue weighted by Gasteiger charge is 2.04. The van der Waals surface area contributed by atoms with E-state index in [9.17, 15) is 5.11 Å². The minimum atomic E-state index is -0.375. The van der Waals surface area contributed by atoms with Crippen molar-refractivity contribution in [3.8, 4) is 0 Å². The molecule has 0 radical (unpaired) electrons. The van der Waals surface area contributed by atoms with Gasteiger partial charge in [0.1, 0.15) is 0 Å². The van der Waals surface area contributed by atoms with Crippen molar-refractivity contribution in [2.45, 2.75) is 33.3 Å². The minimum Gasteiger partial charge on any atom is -0.389 e. The van der Waals surface area contributed by atoms with Crippen molar-refractivity contribution in [1.82, 2.24) is 0 Å². The van der Waals surface area contributed by atoms with Crippen molar-refractivity contribution < 1.29 is 5.11 Å². The highest BCUT2D eigenvalue weighted by molar-refractivity contribution is 5.47. The number of benzene rings is 1. The van der Waals surface area contributed by atoms with E-state index in [0.717, 1.165) is 25.1 Å². The van der Waals surface area contributed by atoms with Crippen LogP contribution >= 0.6 is 0 Å². The second-order valence-electron chi connectivity index (χ2n) is 3.85. The van der Waals surface area contributed by atoms with E-state index in [4.69, 9.17) is 0 Å². The van der Waals surface area contributed by atoms with Crippen LogP contribution in [0, 0.1) is 0 Å². The van der Waals surface area contributed by atoms with Crippen LogP contribution in [0.2, 0.25) is 0 Å². The molecule has 1 aromatic carbocycles. The molecule has 0 amide bonds. The van der Waals surface area contributed by atoms with Gasteiger partial charge in [0, 0.05) is 18.8 Å². The van der Waals surface area contributed by atoms with Crippen LogP contribution < -0.4 is 4.90 Å². The zero-order valence-electron chi connectivity index (χ0n) is 9.90. The average Bonchev–Trinajstić information content (AvgIpc) is 2.26. The molecule has 0 aliphatic carbocycles. The molecule has 0 spiro atoms. The third-order valence-electron chi connectivity index (χ3n) is 2.62. The van der Waals surface area contributed by atoms with Crippen LogP contribution in [0.1, 0.15) is 38.9 Å². The van der Waals surface area contributed by atoms with Crippen LogP contribution in [0.25, 0.3) is 0 Å². The van der Waals surface area contributed by atoms with Gasteiger partial charge in [0.25, 0.3) is 0 Å². The van der Waals surface area contributed by atoms with Crippen molar-refractivity contribution >= 4 is 5.69 Å². The maximum atomic E-state index is 9.40. The number of nitrogens with zero attached hydrogens (tertiary/aromatic N) is 1. The quantitative estimate of drug-likeness (QED) is 0.802. The van der Waals surface area contributed by atoms with Gasteiger partial charge >= 0.3 is 0 Å². The van der Waals surface area contributed by atoms with Gasteiger partial charge in [-0.3, -0.25) is 0 Å². The summed E-state index contributed by atoms with van der Waals surface area (Å²) >= 11 is 0. The van der Waals surface area contributed by atoms with E-state index < -0.39 is 0 Å². The summed E-state index contributed by atoms with van der Waals surface area (Å²) in [5.41, 5.74) is 2.22. The first-order chi connectivity index (χ1) is 7.19. The lowest BCUT2D eigenvalue weighted by Crippen LogP contribution is -2.23. The number of anilines is 1. The number of aliphatic hydroxyl groups excluding tert-OH is 1. The molecule has 1 N–H and O–H groups in total. The Morgan fingerprint density at radius 3 is 2.20 bits per heavy atom. The molecular formula is C13H21NO. The van der Waals surface area contributed by atoms with E-state index in [2.05, 4.69) is 30.9 Å².